The smallest absolute Gasteiger partial charge is 0.160 e. The van der Waals surface area contributed by atoms with Crippen LogP contribution in [0.3, 0.4) is 0 Å². The summed E-state index contributed by atoms with van der Waals surface area (Å²) in [4.78, 5) is 10.5. The second-order valence-electron chi connectivity index (χ2n) is 16.7. The molecule has 1 atom stereocenters. The van der Waals surface area contributed by atoms with Crippen molar-refractivity contribution in [2.24, 2.45) is 0 Å². The molecule has 2 aromatic heterocycles. The number of furan rings is 1. The van der Waals surface area contributed by atoms with Crippen molar-refractivity contribution < 1.29 is 9.15 Å². The predicted molar refractivity (Wildman–Crippen MR) is 255 cm³/mol. The van der Waals surface area contributed by atoms with E-state index in [1.54, 1.807) is 0 Å². The largest absolute Gasteiger partial charge is 0.457 e. The number of fused-ring (bicyclic) bond motifs is 11. The van der Waals surface area contributed by atoms with Gasteiger partial charge in [-0.15, -0.1) is 0 Å². The van der Waals surface area contributed by atoms with E-state index in [-0.39, 0.29) is 0 Å². The Morgan fingerprint density at radius 3 is 1.97 bits per heavy atom. The monoisotopic (exact) mass is 806 g/mol. The molecule has 0 saturated heterocycles. The number of para-hydroxylation sites is 3. The summed E-state index contributed by atoms with van der Waals surface area (Å²) in [7, 11) is 0. The van der Waals surface area contributed by atoms with E-state index < -0.39 is 5.41 Å². The summed E-state index contributed by atoms with van der Waals surface area (Å²) in [5.74, 6) is 2.47. The van der Waals surface area contributed by atoms with Gasteiger partial charge in [0.25, 0.3) is 0 Å². The van der Waals surface area contributed by atoms with Crippen LogP contribution in [0.15, 0.2) is 216 Å². The van der Waals surface area contributed by atoms with E-state index >= 15 is 0 Å². The van der Waals surface area contributed by atoms with E-state index in [1.165, 1.54) is 27.8 Å². The summed E-state index contributed by atoms with van der Waals surface area (Å²) in [5.41, 5.74) is 18.2. The van der Waals surface area contributed by atoms with E-state index in [0.717, 1.165) is 102 Å². The molecule has 2 aliphatic carbocycles. The Kier molecular flexibility index (Phi) is 7.91. The van der Waals surface area contributed by atoms with Crippen molar-refractivity contribution in [3.63, 3.8) is 0 Å². The van der Waals surface area contributed by atoms with Gasteiger partial charge in [-0.3, -0.25) is 0 Å². The van der Waals surface area contributed by atoms with Crippen molar-refractivity contribution in [3.05, 3.63) is 234 Å². The van der Waals surface area contributed by atoms with Crippen molar-refractivity contribution in [2.75, 3.05) is 0 Å². The lowest BCUT2D eigenvalue weighted by atomic mass is 9.64. The third kappa shape index (κ3) is 5.48. The second-order valence-corrected chi connectivity index (χ2v) is 16.7. The third-order valence-electron chi connectivity index (χ3n) is 13.3. The summed E-state index contributed by atoms with van der Waals surface area (Å²) < 4.78 is 13.1. The van der Waals surface area contributed by atoms with Gasteiger partial charge in [-0.2, -0.15) is 0 Å². The number of allylic oxidation sites excluding steroid dienone is 4. The maximum absolute atomic E-state index is 6.75. The average Bonchev–Trinajstić information content (AvgIpc) is 3.88. The van der Waals surface area contributed by atoms with Gasteiger partial charge in [0.2, 0.25) is 0 Å². The standard InChI is InChI=1S/C59H38N2O2/c1-2-14-38(15-3-1)52-36-53(39-30-28-37(29-31-39)43-21-13-22-47-46-20-6-10-26-54(46)63-57(43)47)61-58(60-52)42-17-12-16-40(34-42)41-32-33-56-51(35-41)59(50-25-9-11-27-55(50)62-56)48-23-7-4-18-44(48)45-19-5-8-24-49(45)59/h1-4,6-18,20-36H,5,19H2. The van der Waals surface area contributed by atoms with Crippen LogP contribution in [0.5, 0.6) is 11.5 Å². The van der Waals surface area contributed by atoms with Gasteiger partial charge in [-0.1, -0.05) is 170 Å². The van der Waals surface area contributed by atoms with Gasteiger partial charge in [-0.05, 0) is 88.2 Å². The lowest BCUT2D eigenvalue weighted by Gasteiger charge is -2.40. The van der Waals surface area contributed by atoms with E-state index in [1.807, 2.05) is 18.2 Å². The van der Waals surface area contributed by atoms with Crippen molar-refractivity contribution in [1.29, 1.82) is 0 Å². The number of aromatic nitrogens is 2. The highest BCUT2D eigenvalue weighted by Crippen LogP contribution is 2.63. The van der Waals surface area contributed by atoms with Gasteiger partial charge in [0.1, 0.15) is 22.7 Å². The number of rotatable bonds is 5. The number of hydrogen-bond acceptors (Lipinski definition) is 4. The van der Waals surface area contributed by atoms with Crippen molar-refractivity contribution in [3.8, 4) is 67.7 Å². The second kappa shape index (κ2) is 14.0. The lowest BCUT2D eigenvalue weighted by Crippen LogP contribution is -2.33. The summed E-state index contributed by atoms with van der Waals surface area (Å²) in [5, 5.41) is 2.24. The lowest BCUT2D eigenvalue weighted by molar-refractivity contribution is 0.435. The van der Waals surface area contributed by atoms with Crippen LogP contribution in [0.4, 0.5) is 0 Å². The molecular weight excluding hydrogens is 769 g/mol. The summed E-state index contributed by atoms with van der Waals surface area (Å²) in [6.07, 6.45) is 6.79. The highest BCUT2D eigenvalue weighted by molar-refractivity contribution is 6.09. The molecule has 1 unspecified atom stereocenters. The zero-order valence-corrected chi connectivity index (χ0v) is 34.3. The summed E-state index contributed by atoms with van der Waals surface area (Å²) >= 11 is 0. The van der Waals surface area contributed by atoms with Crippen molar-refractivity contribution >= 4 is 27.5 Å². The van der Waals surface area contributed by atoms with Gasteiger partial charge in [0, 0.05) is 44.2 Å². The van der Waals surface area contributed by atoms with Gasteiger partial charge in [0.05, 0.1) is 16.8 Å². The first-order valence-corrected chi connectivity index (χ1v) is 21.7. The molecule has 296 valence electrons. The van der Waals surface area contributed by atoms with Crippen LogP contribution >= 0.6 is 0 Å². The first-order chi connectivity index (χ1) is 31.2. The fourth-order valence-electron chi connectivity index (χ4n) is 10.4. The van der Waals surface area contributed by atoms with E-state index in [0.29, 0.717) is 5.82 Å². The first kappa shape index (κ1) is 35.7. The van der Waals surface area contributed by atoms with Crippen LogP contribution in [0.25, 0.3) is 83.7 Å². The fourth-order valence-corrected chi connectivity index (χ4v) is 10.4. The fraction of sp³-hybridized carbons (Fsp3) is 0.0508. The van der Waals surface area contributed by atoms with Gasteiger partial charge < -0.3 is 9.15 Å². The minimum absolute atomic E-state index is 0.489. The van der Waals surface area contributed by atoms with Crippen LogP contribution < -0.4 is 4.74 Å². The first-order valence-electron chi connectivity index (χ1n) is 21.7. The predicted octanol–water partition coefficient (Wildman–Crippen LogP) is 15.3. The Balaban J connectivity index is 0.922. The molecule has 0 fully saturated rings. The number of benzene rings is 8. The van der Waals surface area contributed by atoms with Crippen molar-refractivity contribution in [2.45, 2.75) is 18.3 Å². The number of hydrogen-bond donors (Lipinski definition) is 0. The molecule has 4 nitrogen and oxygen atoms in total. The SMILES string of the molecule is C1=CC2=C(CC1)c1ccccc1C21c2ccccc2Oc2ccc(-c3cccc(-c4nc(-c5ccccc5)cc(-c5ccc(-c6cccc7c6oc6ccccc67)cc5)n4)c3)cc21. The van der Waals surface area contributed by atoms with Crippen LogP contribution in [-0.4, -0.2) is 9.97 Å². The highest BCUT2D eigenvalue weighted by Gasteiger charge is 2.51. The Hall–Kier alpha value is -8.08. The van der Waals surface area contributed by atoms with Gasteiger partial charge in [-0.25, -0.2) is 9.97 Å². The molecule has 4 heteroatoms. The number of nitrogens with zero attached hydrogens (tertiary/aromatic N) is 2. The summed E-state index contributed by atoms with van der Waals surface area (Å²) in [6, 6.07) is 68.6. The molecule has 1 aliphatic heterocycles. The molecule has 0 saturated carbocycles. The Bertz CT molecular complexity index is 3540. The summed E-state index contributed by atoms with van der Waals surface area (Å²) in [6.45, 7) is 0. The maximum atomic E-state index is 6.75. The van der Waals surface area contributed by atoms with E-state index in [4.69, 9.17) is 19.1 Å². The molecular formula is C59H38N2O2. The molecule has 3 heterocycles. The molecule has 0 amide bonds. The normalized spacial score (nSPS) is 15.9. The minimum atomic E-state index is -0.489. The molecule has 13 rings (SSSR count). The van der Waals surface area contributed by atoms with Crippen LogP contribution in [0.2, 0.25) is 0 Å². The minimum Gasteiger partial charge on any atom is -0.457 e. The molecule has 8 aromatic carbocycles. The maximum Gasteiger partial charge on any atom is 0.160 e. The third-order valence-corrected chi connectivity index (χ3v) is 13.3. The van der Waals surface area contributed by atoms with Gasteiger partial charge in [0.15, 0.2) is 5.82 Å². The van der Waals surface area contributed by atoms with Crippen LogP contribution in [-0.2, 0) is 5.41 Å². The molecule has 3 aliphatic rings. The van der Waals surface area contributed by atoms with E-state index in [9.17, 15) is 0 Å². The number of ether oxygens (including phenoxy) is 1. The molecule has 0 bridgehead atoms. The zero-order valence-electron chi connectivity index (χ0n) is 34.3. The Morgan fingerprint density at radius 2 is 1.08 bits per heavy atom. The average molecular weight is 807 g/mol. The molecule has 10 aromatic rings. The van der Waals surface area contributed by atoms with Crippen LogP contribution in [0.1, 0.15) is 35.1 Å². The zero-order chi connectivity index (χ0) is 41.5. The van der Waals surface area contributed by atoms with Gasteiger partial charge >= 0.3 is 0 Å². The Morgan fingerprint density at radius 1 is 0.444 bits per heavy atom. The molecule has 0 N–H and O–H groups in total. The molecule has 63 heavy (non-hydrogen) atoms. The Labute approximate surface area is 365 Å². The highest BCUT2D eigenvalue weighted by atomic mass is 16.5. The van der Waals surface area contributed by atoms with E-state index in [2.05, 4.69) is 188 Å². The topological polar surface area (TPSA) is 48.2 Å². The van der Waals surface area contributed by atoms with Crippen LogP contribution in [0, 0.1) is 0 Å². The van der Waals surface area contributed by atoms with Crippen molar-refractivity contribution in [1.82, 2.24) is 9.97 Å². The molecule has 0 radical (unpaired) electrons. The molecule has 1 spiro atoms. The quantitative estimate of drug-likeness (QED) is 0.174.